The van der Waals surface area contributed by atoms with Gasteiger partial charge >= 0.3 is 0 Å². The van der Waals surface area contributed by atoms with E-state index in [0.717, 1.165) is 12.1 Å². The van der Waals surface area contributed by atoms with Gasteiger partial charge in [-0.25, -0.2) is 0 Å². The lowest BCUT2D eigenvalue weighted by Crippen LogP contribution is -2.53. The van der Waals surface area contributed by atoms with Crippen molar-refractivity contribution in [3.05, 3.63) is 0 Å². The van der Waals surface area contributed by atoms with Crippen molar-refractivity contribution in [3.8, 4) is 0 Å². The van der Waals surface area contributed by atoms with E-state index in [-0.39, 0.29) is 0 Å². The predicted octanol–water partition coefficient (Wildman–Crippen LogP) is 0.840. The normalized spacial score (nSPS) is 35.2. The molecule has 2 heterocycles. The summed E-state index contributed by atoms with van der Waals surface area (Å²) in [6.45, 7) is 13.6. The molecule has 0 radical (unpaired) electrons. The predicted molar refractivity (Wildman–Crippen MR) is 84.2 cm³/mol. The number of nitrogens with zero attached hydrogens (tertiary/aromatic N) is 3. The van der Waals surface area contributed by atoms with Gasteiger partial charge in [-0.15, -0.1) is 0 Å². The van der Waals surface area contributed by atoms with Crippen LogP contribution in [0.1, 0.15) is 32.6 Å². The van der Waals surface area contributed by atoms with Gasteiger partial charge in [-0.1, -0.05) is 6.92 Å². The van der Waals surface area contributed by atoms with Crippen molar-refractivity contribution in [3.63, 3.8) is 0 Å². The summed E-state index contributed by atoms with van der Waals surface area (Å²) < 4.78 is 0. The van der Waals surface area contributed by atoms with Crippen LogP contribution in [0.4, 0.5) is 0 Å². The van der Waals surface area contributed by atoms with E-state index in [2.05, 4.69) is 26.9 Å². The van der Waals surface area contributed by atoms with Crippen molar-refractivity contribution >= 4 is 0 Å². The van der Waals surface area contributed by atoms with Gasteiger partial charge in [-0.05, 0) is 32.2 Å². The first-order chi connectivity index (χ1) is 9.86. The largest absolute Gasteiger partial charge is 0.314 e. The van der Waals surface area contributed by atoms with Crippen LogP contribution in [-0.2, 0) is 0 Å². The minimum atomic E-state index is 0.880. The quantitative estimate of drug-likeness (QED) is 0.827. The van der Waals surface area contributed by atoms with Crippen LogP contribution in [0, 0.1) is 0 Å². The summed E-state index contributed by atoms with van der Waals surface area (Å²) in [5.41, 5.74) is 0. The lowest BCUT2D eigenvalue weighted by Gasteiger charge is -2.44. The zero-order chi connectivity index (χ0) is 13.8. The van der Waals surface area contributed by atoms with E-state index in [1.165, 1.54) is 84.6 Å². The third-order valence-electron chi connectivity index (χ3n) is 5.70. The van der Waals surface area contributed by atoms with Gasteiger partial charge in [0.15, 0.2) is 0 Å². The van der Waals surface area contributed by atoms with Gasteiger partial charge in [0.2, 0.25) is 0 Å². The Morgan fingerprint density at radius 3 is 1.75 bits per heavy atom. The third-order valence-corrected chi connectivity index (χ3v) is 5.70. The fraction of sp³-hybridized carbons (Fsp3) is 1.00. The molecule has 0 spiro atoms. The highest BCUT2D eigenvalue weighted by atomic mass is 15.3. The van der Waals surface area contributed by atoms with Crippen molar-refractivity contribution in [2.45, 2.75) is 44.7 Å². The van der Waals surface area contributed by atoms with Crippen LogP contribution in [-0.4, -0.2) is 85.7 Å². The van der Waals surface area contributed by atoms with Gasteiger partial charge in [0, 0.05) is 64.4 Å². The van der Waals surface area contributed by atoms with E-state index in [9.17, 15) is 0 Å². The van der Waals surface area contributed by atoms with Crippen molar-refractivity contribution in [2.24, 2.45) is 0 Å². The molecule has 2 saturated heterocycles. The molecule has 20 heavy (non-hydrogen) atoms. The van der Waals surface area contributed by atoms with Gasteiger partial charge in [-0.2, -0.15) is 0 Å². The minimum Gasteiger partial charge on any atom is -0.314 e. The van der Waals surface area contributed by atoms with Crippen LogP contribution in [0.25, 0.3) is 0 Å². The van der Waals surface area contributed by atoms with Crippen LogP contribution in [0.15, 0.2) is 0 Å². The second-order valence-electron chi connectivity index (χ2n) is 6.72. The zero-order valence-electron chi connectivity index (χ0n) is 13.2. The molecule has 2 aliphatic heterocycles. The molecule has 1 N–H and O–H groups in total. The van der Waals surface area contributed by atoms with Crippen LogP contribution in [0.3, 0.4) is 0 Å². The van der Waals surface area contributed by atoms with E-state index in [1.807, 2.05) is 0 Å². The molecular weight excluding hydrogens is 248 g/mol. The van der Waals surface area contributed by atoms with Crippen LogP contribution in [0.2, 0.25) is 0 Å². The fourth-order valence-corrected chi connectivity index (χ4v) is 4.28. The van der Waals surface area contributed by atoms with Crippen molar-refractivity contribution in [2.75, 3.05) is 58.9 Å². The topological polar surface area (TPSA) is 21.8 Å². The SMILES string of the molecule is CCN1CCN(C2CCC(N3CCNCC3)CC2)CC1. The van der Waals surface area contributed by atoms with Crippen LogP contribution >= 0.6 is 0 Å². The van der Waals surface area contributed by atoms with E-state index < -0.39 is 0 Å². The Labute approximate surface area is 124 Å². The number of likely N-dealkylation sites (N-methyl/N-ethyl adjacent to an activating group) is 1. The molecule has 0 unspecified atom stereocenters. The van der Waals surface area contributed by atoms with E-state index in [0.29, 0.717) is 0 Å². The Hall–Kier alpha value is -0.160. The third kappa shape index (κ3) is 3.53. The number of hydrogen-bond donors (Lipinski definition) is 1. The summed E-state index contributed by atoms with van der Waals surface area (Å²) in [7, 11) is 0. The van der Waals surface area contributed by atoms with Gasteiger partial charge in [0.1, 0.15) is 0 Å². The molecule has 3 aliphatic rings. The van der Waals surface area contributed by atoms with Crippen LogP contribution in [0.5, 0.6) is 0 Å². The number of hydrogen-bond acceptors (Lipinski definition) is 4. The molecule has 0 aromatic carbocycles. The Kier molecular flexibility index (Phi) is 5.32. The molecule has 116 valence electrons. The van der Waals surface area contributed by atoms with Crippen LogP contribution < -0.4 is 5.32 Å². The summed E-state index contributed by atoms with van der Waals surface area (Å²) in [5.74, 6) is 0. The summed E-state index contributed by atoms with van der Waals surface area (Å²) in [4.78, 5) is 8.10. The van der Waals surface area contributed by atoms with Crippen molar-refractivity contribution in [1.82, 2.24) is 20.0 Å². The van der Waals surface area contributed by atoms with E-state index >= 15 is 0 Å². The van der Waals surface area contributed by atoms with Gasteiger partial charge in [0.25, 0.3) is 0 Å². The lowest BCUT2D eigenvalue weighted by molar-refractivity contribution is 0.0548. The molecular formula is C16H32N4. The fourth-order valence-electron chi connectivity index (χ4n) is 4.28. The maximum Gasteiger partial charge on any atom is 0.0113 e. The molecule has 1 saturated carbocycles. The molecule has 0 aromatic heterocycles. The number of rotatable bonds is 3. The second kappa shape index (κ2) is 7.21. The Balaban J connectivity index is 1.42. The smallest absolute Gasteiger partial charge is 0.0113 e. The second-order valence-corrected chi connectivity index (χ2v) is 6.72. The minimum absolute atomic E-state index is 0.880. The maximum atomic E-state index is 3.47. The molecule has 4 heteroatoms. The average molecular weight is 280 g/mol. The highest BCUT2D eigenvalue weighted by Crippen LogP contribution is 2.27. The van der Waals surface area contributed by atoms with Crippen molar-refractivity contribution in [1.29, 1.82) is 0 Å². The Morgan fingerprint density at radius 2 is 1.25 bits per heavy atom. The molecule has 3 rings (SSSR count). The first-order valence-electron chi connectivity index (χ1n) is 8.78. The summed E-state index contributed by atoms with van der Waals surface area (Å²) in [6, 6.07) is 1.76. The molecule has 3 fully saturated rings. The maximum absolute atomic E-state index is 3.47. The van der Waals surface area contributed by atoms with Gasteiger partial charge in [0.05, 0.1) is 0 Å². The van der Waals surface area contributed by atoms with Gasteiger partial charge < -0.3 is 10.2 Å². The molecule has 0 bridgehead atoms. The van der Waals surface area contributed by atoms with E-state index in [1.54, 1.807) is 0 Å². The molecule has 4 nitrogen and oxygen atoms in total. The summed E-state index contributed by atoms with van der Waals surface area (Å²) >= 11 is 0. The molecule has 1 aliphatic carbocycles. The number of nitrogens with one attached hydrogen (secondary N) is 1. The standard InChI is InChI=1S/C16H32N4/c1-2-18-11-13-20(14-12-18)16-5-3-15(4-6-16)19-9-7-17-8-10-19/h15-17H,2-14H2,1H3. The van der Waals surface area contributed by atoms with Gasteiger partial charge in [-0.3, -0.25) is 9.80 Å². The zero-order valence-corrected chi connectivity index (χ0v) is 13.2. The summed E-state index contributed by atoms with van der Waals surface area (Å²) in [5, 5.41) is 3.47. The average Bonchev–Trinajstić information content (AvgIpc) is 2.56. The lowest BCUT2D eigenvalue weighted by atomic mass is 9.88. The van der Waals surface area contributed by atoms with E-state index in [4.69, 9.17) is 0 Å². The first kappa shape index (κ1) is 14.8. The highest BCUT2D eigenvalue weighted by Gasteiger charge is 2.30. The highest BCUT2D eigenvalue weighted by molar-refractivity contribution is 4.87. The monoisotopic (exact) mass is 280 g/mol. The molecule has 0 atom stereocenters. The van der Waals surface area contributed by atoms with Crippen molar-refractivity contribution < 1.29 is 0 Å². The molecule has 0 aromatic rings. The Morgan fingerprint density at radius 1 is 0.750 bits per heavy atom. The summed E-state index contributed by atoms with van der Waals surface area (Å²) in [6.07, 6.45) is 5.72. The molecule has 0 amide bonds. The first-order valence-corrected chi connectivity index (χ1v) is 8.78. The number of piperazine rings is 2. The Bertz CT molecular complexity index is 274.